The van der Waals surface area contributed by atoms with Crippen LogP contribution in [0.2, 0.25) is 0 Å². The van der Waals surface area contributed by atoms with E-state index in [2.05, 4.69) is 6.07 Å². The lowest BCUT2D eigenvalue weighted by Crippen LogP contribution is -2.42. The van der Waals surface area contributed by atoms with Gasteiger partial charge in [-0.25, -0.2) is 0 Å². The number of hydrogen-bond acceptors (Lipinski definition) is 5. The Kier molecular flexibility index (Phi) is 2.66. The highest BCUT2D eigenvalue weighted by Gasteiger charge is 2.72. The summed E-state index contributed by atoms with van der Waals surface area (Å²) in [6.45, 7) is 3.56. The molecular formula is C13H14INO4. The number of nitriles is 1. The van der Waals surface area contributed by atoms with Gasteiger partial charge < -0.3 is 9.47 Å². The van der Waals surface area contributed by atoms with Crippen LogP contribution in [-0.4, -0.2) is 27.6 Å². The number of hydrogen-bond donors (Lipinski definition) is 0. The molecule has 3 aliphatic rings. The number of ether oxygens (including phenoxy) is 2. The van der Waals surface area contributed by atoms with E-state index < -0.39 is 20.9 Å². The van der Waals surface area contributed by atoms with Gasteiger partial charge in [0.2, 0.25) is 0 Å². The molecule has 1 aliphatic heterocycles. The molecule has 19 heavy (non-hydrogen) atoms. The van der Waals surface area contributed by atoms with E-state index in [4.69, 9.17) is 9.47 Å². The SMILES string of the molecule is CC(C)(I)C(=O)OC1C2CC3C1OC(=O)C3(C#N)C2. The molecule has 0 spiro atoms. The fourth-order valence-electron chi connectivity index (χ4n) is 3.55. The van der Waals surface area contributed by atoms with Gasteiger partial charge in [0, 0.05) is 11.8 Å². The molecule has 1 heterocycles. The fraction of sp³-hybridized carbons (Fsp3) is 0.769. The first-order valence-corrected chi connectivity index (χ1v) is 7.40. The average molecular weight is 375 g/mol. The summed E-state index contributed by atoms with van der Waals surface area (Å²) in [7, 11) is 0. The van der Waals surface area contributed by atoms with Crippen LogP contribution in [0.1, 0.15) is 26.7 Å². The Bertz CT molecular complexity index is 506. The van der Waals surface area contributed by atoms with Gasteiger partial charge in [-0.3, -0.25) is 9.59 Å². The average Bonchev–Trinajstić information content (AvgIpc) is 2.89. The molecule has 0 aromatic rings. The van der Waals surface area contributed by atoms with E-state index >= 15 is 0 Å². The van der Waals surface area contributed by atoms with Crippen LogP contribution in [0.5, 0.6) is 0 Å². The van der Waals surface area contributed by atoms with Crippen molar-refractivity contribution in [2.75, 3.05) is 0 Å². The smallest absolute Gasteiger partial charge is 0.327 e. The number of rotatable bonds is 2. The highest BCUT2D eigenvalue weighted by atomic mass is 127. The first-order valence-electron chi connectivity index (χ1n) is 6.32. The molecule has 5 atom stereocenters. The molecule has 5 unspecified atom stereocenters. The van der Waals surface area contributed by atoms with Crippen molar-refractivity contribution < 1.29 is 19.1 Å². The molecule has 3 fully saturated rings. The van der Waals surface area contributed by atoms with Gasteiger partial charge in [-0.2, -0.15) is 5.26 Å². The largest absolute Gasteiger partial charge is 0.457 e. The molecule has 2 bridgehead atoms. The van der Waals surface area contributed by atoms with Crippen LogP contribution in [0.3, 0.4) is 0 Å². The van der Waals surface area contributed by atoms with Crippen LogP contribution in [0.25, 0.3) is 0 Å². The summed E-state index contributed by atoms with van der Waals surface area (Å²) in [4.78, 5) is 23.9. The van der Waals surface area contributed by atoms with E-state index in [1.54, 1.807) is 13.8 Å². The summed E-state index contributed by atoms with van der Waals surface area (Å²) in [6, 6.07) is 2.14. The molecule has 0 radical (unpaired) electrons. The zero-order chi connectivity index (χ0) is 14.0. The van der Waals surface area contributed by atoms with E-state index in [1.165, 1.54) is 0 Å². The van der Waals surface area contributed by atoms with Gasteiger partial charge in [-0.05, 0) is 26.7 Å². The topological polar surface area (TPSA) is 76.4 Å². The minimum atomic E-state index is -0.974. The predicted octanol–water partition coefficient (Wildman–Crippen LogP) is 1.59. The van der Waals surface area contributed by atoms with Crippen molar-refractivity contribution in [3.05, 3.63) is 0 Å². The molecule has 2 aliphatic carbocycles. The number of halogens is 1. The van der Waals surface area contributed by atoms with Crippen LogP contribution in [0.4, 0.5) is 0 Å². The van der Waals surface area contributed by atoms with Gasteiger partial charge in [0.15, 0.2) is 5.41 Å². The standard InChI is InChI=1S/C13H14INO4/c1-12(2,14)10(16)18-8-6-3-7-9(8)19-11(17)13(7,4-6)5-15/h6-9H,3-4H2,1-2H3. The molecular weight excluding hydrogens is 361 g/mol. The predicted molar refractivity (Wildman–Crippen MR) is 72.1 cm³/mol. The van der Waals surface area contributed by atoms with Gasteiger partial charge in [0.25, 0.3) is 0 Å². The van der Waals surface area contributed by atoms with Crippen LogP contribution >= 0.6 is 22.6 Å². The maximum atomic E-state index is 12.0. The zero-order valence-corrected chi connectivity index (χ0v) is 12.8. The van der Waals surface area contributed by atoms with Gasteiger partial charge in [0.1, 0.15) is 15.6 Å². The number of fused-ring (bicyclic) bond motifs is 1. The van der Waals surface area contributed by atoms with Gasteiger partial charge >= 0.3 is 11.9 Å². The normalized spacial score (nSPS) is 42.9. The molecule has 102 valence electrons. The summed E-state index contributed by atoms with van der Waals surface area (Å²) in [5, 5.41) is 9.27. The Balaban J connectivity index is 1.82. The van der Waals surface area contributed by atoms with Crippen molar-refractivity contribution in [2.45, 2.75) is 42.3 Å². The first kappa shape index (κ1) is 13.2. The van der Waals surface area contributed by atoms with Crippen LogP contribution < -0.4 is 0 Å². The lowest BCUT2D eigenvalue weighted by Gasteiger charge is -2.29. The third kappa shape index (κ3) is 1.63. The molecule has 6 heteroatoms. The quantitative estimate of drug-likeness (QED) is 0.416. The summed E-state index contributed by atoms with van der Waals surface area (Å²) in [5.74, 6) is -0.759. The monoisotopic (exact) mass is 375 g/mol. The molecule has 1 saturated heterocycles. The van der Waals surface area contributed by atoms with Crippen LogP contribution in [0, 0.1) is 28.6 Å². The molecule has 0 aromatic carbocycles. The summed E-state index contributed by atoms with van der Waals surface area (Å²) in [6.07, 6.45) is 0.403. The lowest BCUT2D eigenvalue weighted by molar-refractivity contribution is -0.162. The van der Waals surface area contributed by atoms with Crippen molar-refractivity contribution in [3.8, 4) is 6.07 Å². The van der Waals surface area contributed by atoms with E-state index in [9.17, 15) is 14.9 Å². The van der Waals surface area contributed by atoms with E-state index in [0.717, 1.165) is 6.42 Å². The first-order chi connectivity index (χ1) is 8.79. The molecule has 0 N–H and O–H groups in total. The minimum Gasteiger partial charge on any atom is -0.457 e. The Morgan fingerprint density at radius 1 is 1.63 bits per heavy atom. The summed E-state index contributed by atoms with van der Waals surface area (Å²) >= 11 is 2.03. The Labute approximate surface area is 124 Å². The van der Waals surface area contributed by atoms with Crippen molar-refractivity contribution in [1.29, 1.82) is 5.26 Å². The highest BCUT2D eigenvalue weighted by molar-refractivity contribution is 14.1. The van der Waals surface area contributed by atoms with Crippen molar-refractivity contribution in [3.63, 3.8) is 0 Å². The number of esters is 2. The maximum Gasteiger partial charge on any atom is 0.327 e. The van der Waals surface area contributed by atoms with E-state index in [1.807, 2.05) is 22.6 Å². The summed E-state index contributed by atoms with van der Waals surface area (Å²) < 4.78 is 10.3. The molecule has 5 nitrogen and oxygen atoms in total. The number of alkyl halides is 1. The number of nitrogens with zero attached hydrogens (tertiary/aromatic N) is 1. The second-order valence-corrected chi connectivity index (χ2v) is 8.80. The van der Waals surface area contributed by atoms with Crippen molar-refractivity contribution in [1.82, 2.24) is 0 Å². The van der Waals surface area contributed by atoms with Gasteiger partial charge in [0.05, 0.1) is 6.07 Å². The van der Waals surface area contributed by atoms with E-state index in [0.29, 0.717) is 6.42 Å². The lowest BCUT2D eigenvalue weighted by atomic mass is 9.74. The third-order valence-electron chi connectivity index (χ3n) is 4.49. The number of carbonyl (C=O) groups is 2. The van der Waals surface area contributed by atoms with Crippen LogP contribution in [-0.2, 0) is 19.1 Å². The van der Waals surface area contributed by atoms with Gasteiger partial charge in [-0.15, -0.1) is 0 Å². The maximum absolute atomic E-state index is 12.0. The number of carbonyl (C=O) groups excluding carboxylic acids is 2. The van der Waals surface area contributed by atoms with Gasteiger partial charge in [-0.1, -0.05) is 22.6 Å². The van der Waals surface area contributed by atoms with Crippen molar-refractivity contribution >= 4 is 34.5 Å². The minimum absolute atomic E-state index is 0.0730. The van der Waals surface area contributed by atoms with Crippen molar-refractivity contribution in [2.24, 2.45) is 17.3 Å². The molecule has 0 aromatic heterocycles. The fourth-order valence-corrected chi connectivity index (χ4v) is 3.68. The van der Waals surface area contributed by atoms with E-state index in [-0.39, 0.29) is 23.9 Å². The summed E-state index contributed by atoms with van der Waals surface area (Å²) in [5.41, 5.74) is -0.974. The highest BCUT2D eigenvalue weighted by Crippen LogP contribution is 2.62. The molecule has 2 saturated carbocycles. The Morgan fingerprint density at radius 3 is 2.89 bits per heavy atom. The second-order valence-electron chi connectivity index (χ2n) is 6.10. The van der Waals surface area contributed by atoms with Crippen LogP contribution in [0.15, 0.2) is 0 Å². The molecule has 3 rings (SSSR count). The zero-order valence-electron chi connectivity index (χ0n) is 10.7. The Hall–Kier alpha value is -0.840. The molecule has 0 amide bonds. The third-order valence-corrected chi connectivity index (χ3v) is 4.93. The Morgan fingerprint density at radius 2 is 2.32 bits per heavy atom. The second kappa shape index (κ2) is 3.84.